The number of anilines is 1. The molecule has 5 nitrogen and oxygen atoms in total. The number of carbonyl (C=O) groups excluding carboxylic acids is 1. The number of nitrogen functional groups attached to an aromatic ring is 1. The van der Waals surface area contributed by atoms with Crippen molar-refractivity contribution < 1.29 is 4.79 Å². The summed E-state index contributed by atoms with van der Waals surface area (Å²) in [7, 11) is 0. The fourth-order valence-electron chi connectivity index (χ4n) is 1.42. The van der Waals surface area contributed by atoms with E-state index in [1.54, 1.807) is 18.5 Å². The molecule has 1 aromatic heterocycles. The van der Waals surface area contributed by atoms with Crippen LogP contribution >= 0.6 is 0 Å². The van der Waals surface area contributed by atoms with E-state index < -0.39 is 5.54 Å². The SMILES string of the molecule is C#CC(C)(C)NC(=O)Cn1nc(C)c(N)c1C. The maximum absolute atomic E-state index is 11.8. The van der Waals surface area contributed by atoms with Crippen molar-refractivity contribution in [3.63, 3.8) is 0 Å². The van der Waals surface area contributed by atoms with E-state index in [9.17, 15) is 4.79 Å². The third-order valence-corrected chi connectivity index (χ3v) is 2.54. The number of nitrogens with one attached hydrogen (secondary N) is 1. The molecule has 3 N–H and O–H groups in total. The van der Waals surface area contributed by atoms with E-state index >= 15 is 0 Å². The highest BCUT2D eigenvalue weighted by Gasteiger charge is 2.18. The Balaban J connectivity index is 2.76. The molecule has 0 fully saturated rings. The van der Waals surface area contributed by atoms with Crippen LogP contribution in [0.1, 0.15) is 25.2 Å². The molecule has 0 aliphatic carbocycles. The predicted molar refractivity (Wildman–Crippen MR) is 67.2 cm³/mol. The molecule has 1 rings (SSSR count). The molecule has 0 unspecified atom stereocenters. The van der Waals surface area contributed by atoms with Gasteiger partial charge in [-0.15, -0.1) is 6.42 Å². The Morgan fingerprint density at radius 2 is 2.18 bits per heavy atom. The molecule has 0 spiro atoms. The van der Waals surface area contributed by atoms with Crippen molar-refractivity contribution in [2.45, 2.75) is 39.8 Å². The molecule has 92 valence electrons. The summed E-state index contributed by atoms with van der Waals surface area (Å²) in [4.78, 5) is 11.8. The molecule has 17 heavy (non-hydrogen) atoms. The summed E-state index contributed by atoms with van der Waals surface area (Å²) in [6, 6.07) is 0. The van der Waals surface area contributed by atoms with Gasteiger partial charge in [-0.2, -0.15) is 5.10 Å². The lowest BCUT2D eigenvalue weighted by molar-refractivity contribution is -0.122. The fourth-order valence-corrected chi connectivity index (χ4v) is 1.42. The first-order valence-electron chi connectivity index (χ1n) is 5.35. The van der Waals surface area contributed by atoms with Gasteiger partial charge in [0, 0.05) is 0 Å². The van der Waals surface area contributed by atoms with Gasteiger partial charge in [0.15, 0.2) is 0 Å². The summed E-state index contributed by atoms with van der Waals surface area (Å²) in [6.07, 6.45) is 5.30. The second kappa shape index (κ2) is 4.50. The highest BCUT2D eigenvalue weighted by molar-refractivity contribution is 5.77. The van der Waals surface area contributed by atoms with E-state index in [1.807, 2.05) is 13.8 Å². The zero-order chi connectivity index (χ0) is 13.2. The van der Waals surface area contributed by atoms with Gasteiger partial charge in [0.2, 0.25) is 5.91 Å². The van der Waals surface area contributed by atoms with Crippen molar-refractivity contribution in [1.82, 2.24) is 15.1 Å². The molecule has 0 radical (unpaired) electrons. The second-order valence-electron chi connectivity index (χ2n) is 4.56. The highest BCUT2D eigenvalue weighted by Crippen LogP contribution is 2.14. The Morgan fingerprint density at radius 1 is 1.59 bits per heavy atom. The Bertz CT molecular complexity index is 479. The van der Waals surface area contributed by atoms with Crippen LogP contribution in [0.25, 0.3) is 0 Å². The Kier molecular flexibility index (Phi) is 3.47. The molecule has 0 aliphatic rings. The molecule has 0 aromatic carbocycles. The normalized spacial score (nSPS) is 11.0. The summed E-state index contributed by atoms with van der Waals surface area (Å²) < 4.78 is 1.58. The number of rotatable bonds is 3. The van der Waals surface area contributed by atoms with Crippen LogP contribution in [-0.2, 0) is 11.3 Å². The average molecular weight is 234 g/mol. The summed E-state index contributed by atoms with van der Waals surface area (Å²) >= 11 is 0. The van der Waals surface area contributed by atoms with Crippen LogP contribution in [0.5, 0.6) is 0 Å². The highest BCUT2D eigenvalue weighted by atomic mass is 16.2. The van der Waals surface area contributed by atoms with Gasteiger partial charge in [-0.25, -0.2) is 0 Å². The van der Waals surface area contributed by atoms with Crippen molar-refractivity contribution in [3.05, 3.63) is 11.4 Å². The molecule has 1 amide bonds. The van der Waals surface area contributed by atoms with E-state index in [4.69, 9.17) is 12.2 Å². The number of aryl methyl sites for hydroxylation is 1. The number of hydrogen-bond acceptors (Lipinski definition) is 3. The summed E-state index contributed by atoms with van der Waals surface area (Å²) in [5.41, 5.74) is 7.27. The minimum absolute atomic E-state index is 0.120. The van der Waals surface area contributed by atoms with Crippen LogP contribution in [-0.4, -0.2) is 21.2 Å². The molecule has 1 aromatic rings. The van der Waals surface area contributed by atoms with Gasteiger partial charge >= 0.3 is 0 Å². The third kappa shape index (κ3) is 3.00. The van der Waals surface area contributed by atoms with E-state index in [1.165, 1.54) is 0 Å². The number of nitrogens with two attached hydrogens (primary N) is 1. The first-order chi connectivity index (χ1) is 7.76. The van der Waals surface area contributed by atoms with Gasteiger partial charge in [0.25, 0.3) is 0 Å². The predicted octanol–water partition coefficient (Wildman–Crippen LogP) is 0.610. The van der Waals surface area contributed by atoms with Crippen molar-refractivity contribution in [3.8, 4) is 12.3 Å². The third-order valence-electron chi connectivity index (χ3n) is 2.54. The average Bonchev–Trinajstić information content (AvgIpc) is 2.45. The zero-order valence-electron chi connectivity index (χ0n) is 10.7. The van der Waals surface area contributed by atoms with E-state index in [2.05, 4.69) is 16.3 Å². The lowest BCUT2D eigenvalue weighted by atomic mass is 10.1. The number of amides is 1. The molecular weight excluding hydrogens is 216 g/mol. The summed E-state index contributed by atoms with van der Waals surface area (Å²) in [6.45, 7) is 7.28. The Hall–Kier alpha value is -1.96. The van der Waals surface area contributed by atoms with Gasteiger partial charge in [-0.3, -0.25) is 9.48 Å². The molecule has 0 bridgehead atoms. The molecule has 0 saturated heterocycles. The number of nitrogens with zero attached hydrogens (tertiary/aromatic N) is 2. The topological polar surface area (TPSA) is 72.9 Å². The zero-order valence-corrected chi connectivity index (χ0v) is 10.7. The van der Waals surface area contributed by atoms with Crippen molar-refractivity contribution in [2.24, 2.45) is 0 Å². The van der Waals surface area contributed by atoms with Gasteiger partial charge in [-0.1, -0.05) is 5.92 Å². The van der Waals surface area contributed by atoms with Crippen molar-refractivity contribution in [1.29, 1.82) is 0 Å². The van der Waals surface area contributed by atoms with Crippen LogP contribution in [0.4, 0.5) is 5.69 Å². The quantitative estimate of drug-likeness (QED) is 0.753. The first-order valence-corrected chi connectivity index (χ1v) is 5.35. The van der Waals surface area contributed by atoms with E-state index in [0.717, 1.165) is 11.4 Å². The standard InChI is InChI=1S/C12H18N4O/c1-6-12(4,5)14-10(17)7-16-9(3)11(13)8(2)15-16/h1H,7,13H2,2-5H3,(H,14,17). The van der Waals surface area contributed by atoms with Crippen molar-refractivity contribution in [2.75, 3.05) is 5.73 Å². The Morgan fingerprint density at radius 3 is 2.59 bits per heavy atom. The molecule has 0 aliphatic heterocycles. The smallest absolute Gasteiger partial charge is 0.242 e. The van der Waals surface area contributed by atoms with Crippen LogP contribution in [0.2, 0.25) is 0 Å². The van der Waals surface area contributed by atoms with Gasteiger partial charge < -0.3 is 11.1 Å². The maximum Gasteiger partial charge on any atom is 0.242 e. The summed E-state index contributed by atoms with van der Waals surface area (Å²) in [5.74, 6) is 2.32. The largest absolute Gasteiger partial charge is 0.396 e. The van der Waals surface area contributed by atoms with Gasteiger partial charge in [0.05, 0.1) is 22.6 Å². The number of carbonyl (C=O) groups is 1. The minimum atomic E-state index is -0.654. The second-order valence-corrected chi connectivity index (χ2v) is 4.56. The molecule has 0 atom stereocenters. The van der Waals surface area contributed by atoms with Crippen LogP contribution < -0.4 is 11.1 Å². The monoisotopic (exact) mass is 234 g/mol. The first kappa shape index (κ1) is 13.1. The van der Waals surface area contributed by atoms with Crippen LogP contribution in [0.3, 0.4) is 0 Å². The number of aromatic nitrogens is 2. The van der Waals surface area contributed by atoms with E-state index in [0.29, 0.717) is 5.69 Å². The Labute approximate surface area is 101 Å². The van der Waals surface area contributed by atoms with Crippen LogP contribution in [0.15, 0.2) is 0 Å². The molecule has 5 heteroatoms. The molecule has 1 heterocycles. The minimum Gasteiger partial charge on any atom is -0.396 e. The van der Waals surface area contributed by atoms with Gasteiger partial charge in [-0.05, 0) is 27.7 Å². The van der Waals surface area contributed by atoms with Gasteiger partial charge in [0.1, 0.15) is 6.54 Å². The maximum atomic E-state index is 11.8. The summed E-state index contributed by atoms with van der Waals surface area (Å²) in [5, 5.41) is 6.92. The fraction of sp³-hybridized carbons (Fsp3) is 0.500. The number of terminal acetylenes is 1. The lowest BCUT2D eigenvalue weighted by Gasteiger charge is -2.19. The number of hydrogen-bond donors (Lipinski definition) is 2. The molecular formula is C12H18N4O. The van der Waals surface area contributed by atoms with Crippen LogP contribution in [0, 0.1) is 26.2 Å². The van der Waals surface area contributed by atoms with E-state index in [-0.39, 0.29) is 12.5 Å². The van der Waals surface area contributed by atoms with Crippen molar-refractivity contribution >= 4 is 11.6 Å². The molecule has 0 saturated carbocycles. The lowest BCUT2D eigenvalue weighted by Crippen LogP contribution is -2.43.